The van der Waals surface area contributed by atoms with Crippen molar-refractivity contribution in [2.45, 2.75) is 25.8 Å². The average Bonchev–Trinajstić information content (AvgIpc) is 2.89. The molecule has 0 unspecified atom stereocenters. The summed E-state index contributed by atoms with van der Waals surface area (Å²) in [6.07, 6.45) is 3.52. The number of rotatable bonds is 6. The lowest BCUT2D eigenvalue weighted by molar-refractivity contribution is 0.0911. The molecule has 3 heterocycles. The number of pyridine rings is 2. The van der Waals surface area contributed by atoms with E-state index < -0.39 is 0 Å². The van der Waals surface area contributed by atoms with Crippen LogP contribution in [0.4, 0.5) is 10.5 Å². The second-order valence-electron chi connectivity index (χ2n) is 9.21. The van der Waals surface area contributed by atoms with Crippen molar-refractivity contribution >= 4 is 39.4 Å². The van der Waals surface area contributed by atoms with Crippen LogP contribution in [0.1, 0.15) is 28.9 Å². The number of fused-ring (bicyclic) bond motifs is 2. The highest BCUT2D eigenvalue weighted by Crippen LogP contribution is 2.22. The van der Waals surface area contributed by atoms with Gasteiger partial charge in [0.25, 0.3) is 5.91 Å². The molecule has 3 amide bonds. The highest BCUT2D eigenvalue weighted by molar-refractivity contribution is 6.00. The number of para-hydroxylation sites is 1. The summed E-state index contributed by atoms with van der Waals surface area (Å²) in [6, 6.07) is 19.0. The van der Waals surface area contributed by atoms with Crippen LogP contribution in [-0.2, 0) is 0 Å². The number of carbonyl (C=O) groups is 2. The van der Waals surface area contributed by atoms with E-state index in [1.165, 1.54) is 0 Å². The quantitative estimate of drug-likeness (QED) is 0.384. The smallest absolute Gasteiger partial charge is 0.319 e. The van der Waals surface area contributed by atoms with E-state index in [0.717, 1.165) is 65.7 Å². The maximum Gasteiger partial charge on any atom is 0.319 e. The molecule has 0 bridgehead atoms. The molecule has 0 saturated carbocycles. The summed E-state index contributed by atoms with van der Waals surface area (Å²) in [5, 5.41) is 11.0. The lowest BCUT2D eigenvalue weighted by Gasteiger charge is -2.32. The molecule has 2 aromatic carbocycles. The summed E-state index contributed by atoms with van der Waals surface area (Å²) in [7, 11) is 0. The van der Waals surface area contributed by atoms with E-state index in [9.17, 15) is 9.59 Å². The molecular weight excluding hydrogens is 452 g/mol. The molecule has 5 rings (SSSR count). The number of piperidine rings is 1. The monoisotopic (exact) mass is 482 g/mol. The van der Waals surface area contributed by atoms with Crippen molar-refractivity contribution in [1.29, 1.82) is 0 Å². The number of carbonyl (C=O) groups excluding carboxylic acids is 2. The molecule has 1 saturated heterocycles. The molecule has 36 heavy (non-hydrogen) atoms. The first-order valence-corrected chi connectivity index (χ1v) is 12.3. The molecule has 2 aromatic heterocycles. The summed E-state index contributed by atoms with van der Waals surface area (Å²) in [4.78, 5) is 36.4. The number of nitrogens with zero attached hydrogens (tertiary/aromatic N) is 3. The van der Waals surface area contributed by atoms with Gasteiger partial charge in [-0.2, -0.15) is 0 Å². The fourth-order valence-electron chi connectivity index (χ4n) is 4.69. The number of aromatic nitrogens is 2. The first-order valence-electron chi connectivity index (χ1n) is 12.3. The number of likely N-dealkylation sites (tertiary alicyclic amines) is 1. The second kappa shape index (κ2) is 10.7. The van der Waals surface area contributed by atoms with E-state index in [0.29, 0.717) is 12.1 Å². The zero-order valence-electron chi connectivity index (χ0n) is 20.3. The maximum absolute atomic E-state index is 12.7. The van der Waals surface area contributed by atoms with Crippen LogP contribution in [-0.4, -0.2) is 59.0 Å². The number of anilines is 1. The minimum atomic E-state index is -0.224. The largest absolute Gasteiger partial charge is 0.349 e. The van der Waals surface area contributed by atoms with Gasteiger partial charge in [-0.15, -0.1) is 0 Å². The lowest BCUT2D eigenvalue weighted by Crippen LogP contribution is -2.46. The van der Waals surface area contributed by atoms with Crippen LogP contribution >= 0.6 is 0 Å². The summed E-state index contributed by atoms with van der Waals surface area (Å²) in [5.74, 6) is -0.0450. The van der Waals surface area contributed by atoms with Crippen molar-refractivity contribution in [3.8, 4) is 0 Å². The van der Waals surface area contributed by atoms with Crippen LogP contribution in [0.15, 0.2) is 66.9 Å². The second-order valence-corrected chi connectivity index (χ2v) is 9.21. The Balaban J connectivity index is 1.05. The minimum absolute atomic E-state index is 0.0450. The fourth-order valence-corrected chi connectivity index (χ4v) is 4.69. The van der Waals surface area contributed by atoms with E-state index in [2.05, 4.69) is 30.8 Å². The van der Waals surface area contributed by atoms with Crippen molar-refractivity contribution < 1.29 is 9.59 Å². The molecule has 0 atom stereocenters. The van der Waals surface area contributed by atoms with Crippen LogP contribution < -0.4 is 16.0 Å². The number of urea groups is 1. The minimum Gasteiger partial charge on any atom is -0.349 e. The molecule has 0 aliphatic carbocycles. The first-order chi connectivity index (χ1) is 17.5. The number of amides is 3. The molecule has 3 N–H and O–H groups in total. The van der Waals surface area contributed by atoms with Crippen LogP contribution in [0.2, 0.25) is 0 Å². The number of nitrogens with one attached hydrogen (secondary N) is 3. The molecule has 1 aliphatic rings. The lowest BCUT2D eigenvalue weighted by atomic mass is 10.0. The molecule has 8 heteroatoms. The number of hydrogen-bond acceptors (Lipinski definition) is 5. The highest BCUT2D eigenvalue weighted by atomic mass is 16.2. The molecule has 184 valence electrons. The molecule has 0 spiro atoms. The Morgan fingerprint density at radius 2 is 1.83 bits per heavy atom. The fraction of sp³-hybridized carbons (Fsp3) is 0.286. The molecule has 4 aromatic rings. The van der Waals surface area contributed by atoms with Gasteiger partial charge in [0.2, 0.25) is 0 Å². The third kappa shape index (κ3) is 5.60. The van der Waals surface area contributed by atoms with Crippen LogP contribution in [0.5, 0.6) is 0 Å². The number of benzene rings is 2. The van der Waals surface area contributed by atoms with Crippen LogP contribution in [0.25, 0.3) is 21.8 Å². The Hall–Kier alpha value is -4.04. The summed E-state index contributed by atoms with van der Waals surface area (Å²) >= 11 is 0. The van der Waals surface area contributed by atoms with Gasteiger partial charge >= 0.3 is 6.03 Å². The Morgan fingerprint density at radius 1 is 1.00 bits per heavy atom. The average molecular weight is 483 g/mol. The Bertz CT molecular complexity index is 1400. The first kappa shape index (κ1) is 23.7. The topological polar surface area (TPSA) is 99.2 Å². The predicted molar refractivity (Wildman–Crippen MR) is 142 cm³/mol. The molecule has 8 nitrogen and oxygen atoms in total. The zero-order valence-corrected chi connectivity index (χ0v) is 20.3. The van der Waals surface area contributed by atoms with Gasteiger partial charge in [-0.25, -0.2) is 4.79 Å². The molecule has 1 aliphatic heterocycles. The van der Waals surface area contributed by atoms with E-state index in [1.54, 1.807) is 6.20 Å². The van der Waals surface area contributed by atoms with Crippen molar-refractivity contribution in [3.05, 3.63) is 78.1 Å². The van der Waals surface area contributed by atoms with E-state index in [-0.39, 0.29) is 18.0 Å². The van der Waals surface area contributed by atoms with E-state index >= 15 is 0 Å². The van der Waals surface area contributed by atoms with Gasteiger partial charge in [-0.05, 0) is 56.2 Å². The SMILES string of the molecule is Cc1cc(NC(=O)NCCN2CCC(NC(=O)c3ccc4ncccc4c3)CC2)c2ccccc2n1. The third-order valence-electron chi connectivity index (χ3n) is 6.59. The maximum atomic E-state index is 12.7. The van der Waals surface area contributed by atoms with Gasteiger partial charge in [0.05, 0.1) is 16.7 Å². The third-order valence-corrected chi connectivity index (χ3v) is 6.59. The van der Waals surface area contributed by atoms with Gasteiger partial charge in [-0.3, -0.25) is 14.8 Å². The van der Waals surface area contributed by atoms with E-state index in [1.807, 2.05) is 67.6 Å². The Morgan fingerprint density at radius 3 is 2.69 bits per heavy atom. The Labute approximate surface area is 210 Å². The van der Waals surface area contributed by atoms with Crippen molar-refractivity contribution in [2.75, 3.05) is 31.5 Å². The molecule has 0 radical (unpaired) electrons. The standard InChI is InChI=1S/C28H30N6O2/c1-19-17-26(23-6-2-3-7-25(23)31-19)33-28(36)30-13-16-34-14-10-22(11-15-34)32-27(35)21-8-9-24-20(18-21)5-4-12-29-24/h2-9,12,17-18,22H,10-11,13-16H2,1H3,(H,32,35)(H2,30,31,33,36). The number of aryl methyl sites for hydroxylation is 1. The van der Waals surface area contributed by atoms with Gasteiger partial charge in [-0.1, -0.05) is 24.3 Å². The van der Waals surface area contributed by atoms with Crippen LogP contribution in [0.3, 0.4) is 0 Å². The number of hydrogen-bond donors (Lipinski definition) is 3. The van der Waals surface area contributed by atoms with Crippen molar-refractivity contribution in [3.63, 3.8) is 0 Å². The van der Waals surface area contributed by atoms with Gasteiger partial charge in [0, 0.05) is 60.4 Å². The predicted octanol–water partition coefficient (Wildman–Crippen LogP) is 4.11. The zero-order chi connectivity index (χ0) is 24.9. The summed E-state index contributed by atoms with van der Waals surface area (Å²) < 4.78 is 0. The highest BCUT2D eigenvalue weighted by Gasteiger charge is 2.21. The molecule has 1 fully saturated rings. The van der Waals surface area contributed by atoms with E-state index in [4.69, 9.17) is 0 Å². The van der Waals surface area contributed by atoms with Gasteiger partial charge < -0.3 is 20.9 Å². The van der Waals surface area contributed by atoms with Crippen molar-refractivity contribution in [1.82, 2.24) is 25.5 Å². The van der Waals surface area contributed by atoms with Crippen LogP contribution in [0, 0.1) is 6.92 Å². The van der Waals surface area contributed by atoms with Crippen molar-refractivity contribution in [2.24, 2.45) is 0 Å². The summed E-state index contributed by atoms with van der Waals surface area (Å²) in [6.45, 7) is 4.99. The normalized spacial score (nSPS) is 14.6. The van der Waals surface area contributed by atoms with Gasteiger partial charge in [0.1, 0.15) is 0 Å². The summed E-state index contributed by atoms with van der Waals surface area (Å²) in [5.41, 5.74) is 4.02. The Kier molecular flexibility index (Phi) is 7.04. The van der Waals surface area contributed by atoms with Gasteiger partial charge in [0.15, 0.2) is 0 Å². The molecular formula is C28H30N6O2.